The van der Waals surface area contributed by atoms with Gasteiger partial charge in [0, 0.05) is 12.0 Å². The maximum absolute atomic E-state index is 8.35. The van der Waals surface area contributed by atoms with Gasteiger partial charge in [0.05, 0.1) is 6.26 Å². The lowest BCUT2D eigenvalue weighted by Crippen LogP contribution is -2.15. The summed E-state index contributed by atoms with van der Waals surface area (Å²) in [4.78, 5) is 0. The van der Waals surface area contributed by atoms with E-state index in [1.807, 2.05) is 13.8 Å². The van der Waals surface area contributed by atoms with Crippen molar-refractivity contribution >= 4 is 5.84 Å². The van der Waals surface area contributed by atoms with Crippen molar-refractivity contribution in [3.63, 3.8) is 0 Å². The van der Waals surface area contributed by atoms with Crippen molar-refractivity contribution in [1.29, 1.82) is 0 Å². The summed E-state index contributed by atoms with van der Waals surface area (Å²) < 4.78 is 5.15. The summed E-state index contributed by atoms with van der Waals surface area (Å²) >= 11 is 0. The van der Waals surface area contributed by atoms with Crippen molar-refractivity contribution in [3.05, 3.63) is 23.2 Å². The zero-order chi connectivity index (χ0) is 9.14. The van der Waals surface area contributed by atoms with E-state index in [9.17, 15) is 0 Å². The molecule has 66 valence electrons. The van der Waals surface area contributed by atoms with Crippen molar-refractivity contribution in [2.75, 3.05) is 0 Å². The highest BCUT2D eigenvalue weighted by molar-refractivity contribution is 5.82. The van der Waals surface area contributed by atoms with Crippen LogP contribution >= 0.6 is 0 Å². The Bertz CT molecular complexity index is 283. The van der Waals surface area contributed by atoms with Gasteiger partial charge in [0.15, 0.2) is 0 Å². The summed E-state index contributed by atoms with van der Waals surface area (Å²) in [5.41, 5.74) is 7.38. The molecule has 0 aliphatic heterocycles. The van der Waals surface area contributed by atoms with Gasteiger partial charge in [-0.05, 0) is 19.4 Å². The number of nitrogens with two attached hydrogens (primary N) is 1. The van der Waals surface area contributed by atoms with E-state index in [2.05, 4.69) is 5.16 Å². The SMILES string of the molecule is Cc1coc(C)c1C/C(N)=N/O. The number of hydrogen-bond donors (Lipinski definition) is 2. The molecule has 0 saturated carbocycles. The summed E-state index contributed by atoms with van der Waals surface area (Å²) in [6.45, 7) is 3.78. The molecular weight excluding hydrogens is 156 g/mol. The summed E-state index contributed by atoms with van der Waals surface area (Å²) in [7, 11) is 0. The molecule has 3 N–H and O–H groups in total. The largest absolute Gasteiger partial charge is 0.469 e. The second-order valence-corrected chi connectivity index (χ2v) is 2.72. The van der Waals surface area contributed by atoms with Crippen molar-refractivity contribution in [1.82, 2.24) is 0 Å². The lowest BCUT2D eigenvalue weighted by atomic mass is 10.1. The van der Waals surface area contributed by atoms with E-state index in [0.29, 0.717) is 6.42 Å². The molecule has 1 aromatic rings. The van der Waals surface area contributed by atoms with E-state index in [1.165, 1.54) is 0 Å². The van der Waals surface area contributed by atoms with Crippen LogP contribution in [0.15, 0.2) is 15.8 Å². The van der Waals surface area contributed by atoms with Crippen LogP contribution in [0.5, 0.6) is 0 Å². The number of oxime groups is 1. The van der Waals surface area contributed by atoms with Crippen LogP contribution in [-0.2, 0) is 6.42 Å². The first-order valence-electron chi connectivity index (χ1n) is 3.65. The van der Waals surface area contributed by atoms with Crippen LogP contribution in [0, 0.1) is 13.8 Å². The molecule has 0 spiro atoms. The molecule has 0 atom stereocenters. The first-order chi connectivity index (χ1) is 5.65. The van der Waals surface area contributed by atoms with Gasteiger partial charge >= 0.3 is 0 Å². The van der Waals surface area contributed by atoms with Crippen LogP contribution in [0.25, 0.3) is 0 Å². The number of rotatable bonds is 2. The van der Waals surface area contributed by atoms with Crippen LogP contribution in [0.3, 0.4) is 0 Å². The van der Waals surface area contributed by atoms with Crippen molar-refractivity contribution in [3.8, 4) is 0 Å². The molecule has 1 aromatic heterocycles. The van der Waals surface area contributed by atoms with Crippen molar-refractivity contribution in [2.24, 2.45) is 10.9 Å². The van der Waals surface area contributed by atoms with Crippen LogP contribution in [0.4, 0.5) is 0 Å². The Kier molecular flexibility index (Phi) is 2.38. The van der Waals surface area contributed by atoms with E-state index in [1.54, 1.807) is 6.26 Å². The molecule has 0 saturated heterocycles. The third-order valence-electron chi connectivity index (χ3n) is 1.80. The van der Waals surface area contributed by atoms with Crippen molar-refractivity contribution in [2.45, 2.75) is 20.3 Å². The molecule has 4 nitrogen and oxygen atoms in total. The third-order valence-corrected chi connectivity index (χ3v) is 1.80. The summed E-state index contributed by atoms with van der Waals surface area (Å²) in [5.74, 6) is 1.02. The molecule has 1 heterocycles. The van der Waals surface area contributed by atoms with Crippen LogP contribution in [0.2, 0.25) is 0 Å². The molecule has 1 rings (SSSR count). The Hall–Kier alpha value is -1.45. The van der Waals surface area contributed by atoms with Gasteiger partial charge in [-0.25, -0.2) is 0 Å². The zero-order valence-electron chi connectivity index (χ0n) is 7.16. The molecule has 0 bridgehead atoms. The summed E-state index contributed by atoms with van der Waals surface area (Å²) in [6, 6.07) is 0. The van der Waals surface area contributed by atoms with E-state index >= 15 is 0 Å². The monoisotopic (exact) mass is 168 g/mol. The molecular formula is C8H12N2O2. The topological polar surface area (TPSA) is 71.8 Å². The average molecular weight is 168 g/mol. The van der Waals surface area contributed by atoms with Gasteiger partial charge < -0.3 is 15.4 Å². The van der Waals surface area contributed by atoms with E-state index < -0.39 is 0 Å². The Morgan fingerprint density at radius 1 is 1.67 bits per heavy atom. The highest BCUT2D eigenvalue weighted by Crippen LogP contribution is 2.15. The second-order valence-electron chi connectivity index (χ2n) is 2.72. The Morgan fingerprint density at radius 2 is 2.33 bits per heavy atom. The lowest BCUT2D eigenvalue weighted by molar-refractivity contribution is 0.317. The molecule has 0 unspecified atom stereocenters. The number of furan rings is 1. The van der Waals surface area contributed by atoms with Crippen LogP contribution in [-0.4, -0.2) is 11.0 Å². The predicted octanol–water partition coefficient (Wildman–Crippen LogP) is 1.19. The first-order valence-corrected chi connectivity index (χ1v) is 3.65. The quantitative estimate of drug-likeness (QED) is 0.301. The van der Waals surface area contributed by atoms with Crippen LogP contribution in [0.1, 0.15) is 16.9 Å². The standard InChI is InChI=1S/C8H12N2O2/c1-5-4-12-6(2)7(5)3-8(9)10-11/h4,11H,3H2,1-2H3,(H2,9,10). The molecule has 0 aromatic carbocycles. The lowest BCUT2D eigenvalue weighted by Gasteiger charge is -1.97. The molecule has 0 fully saturated rings. The Balaban J connectivity index is 2.88. The molecule has 0 amide bonds. The molecule has 4 heteroatoms. The fourth-order valence-corrected chi connectivity index (χ4v) is 1.08. The minimum atomic E-state index is 0.197. The smallest absolute Gasteiger partial charge is 0.143 e. The number of amidine groups is 1. The average Bonchev–Trinajstić information content (AvgIpc) is 2.35. The zero-order valence-corrected chi connectivity index (χ0v) is 7.16. The maximum Gasteiger partial charge on any atom is 0.143 e. The fourth-order valence-electron chi connectivity index (χ4n) is 1.08. The second kappa shape index (κ2) is 3.30. The molecule has 0 radical (unpaired) electrons. The minimum absolute atomic E-state index is 0.197. The molecule has 0 aliphatic carbocycles. The molecule has 12 heavy (non-hydrogen) atoms. The molecule has 0 aliphatic rings. The van der Waals surface area contributed by atoms with Gasteiger partial charge in [-0.15, -0.1) is 0 Å². The van der Waals surface area contributed by atoms with E-state index in [0.717, 1.165) is 16.9 Å². The van der Waals surface area contributed by atoms with Gasteiger partial charge in [0.1, 0.15) is 11.6 Å². The van der Waals surface area contributed by atoms with Gasteiger partial charge in [-0.2, -0.15) is 0 Å². The van der Waals surface area contributed by atoms with E-state index in [4.69, 9.17) is 15.4 Å². The third kappa shape index (κ3) is 1.58. The minimum Gasteiger partial charge on any atom is -0.469 e. The van der Waals surface area contributed by atoms with Crippen LogP contribution < -0.4 is 5.73 Å². The fraction of sp³-hybridized carbons (Fsp3) is 0.375. The summed E-state index contributed by atoms with van der Waals surface area (Å²) in [6.07, 6.45) is 2.10. The number of nitrogens with zero attached hydrogens (tertiary/aromatic N) is 1. The van der Waals surface area contributed by atoms with Gasteiger partial charge in [0.2, 0.25) is 0 Å². The van der Waals surface area contributed by atoms with Gasteiger partial charge in [-0.3, -0.25) is 0 Å². The first kappa shape index (κ1) is 8.64. The normalized spacial score (nSPS) is 12.0. The Labute approximate surface area is 70.7 Å². The Morgan fingerprint density at radius 3 is 2.75 bits per heavy atom. The van der Waals surface area contributed by atoms with Gasteiger partial charge in [0.25, 0.3) is 0 Å². The van der Waals surface area contributed by atoms with Gasteiger partial charge in [-0.1, -0.05) is 5.16 Å². The number of hydrogen-bond acceptors (Lipinski definition) is 3. The van der Waals surface area contributed by atoms with E-state index in [-0.39, 0.29) is 5.84 Å². The van der Waals surface area contributed by atoms with Crippen molar-refractivity contribution < 1.29 is 9.62 Å². The summed E-state index contributed by atoms with van der Waals surface area (Å²) in [5, 5.41) is 11.2. The predicted molar refractivity (Wildman–Crippen MR) is 45.3 cm³/mol. The highest BCUT2D eigenvalue weighted by Gasteiger charge is 2.08. The highest BCUT2D eigenvalue weighted by atomic mass is 16.4. The number of aryl methyl sites for hydroxylation is 2. The maximum atomic E-state index is 8.35.